The second kappa shape index (κ2) is 7.71. The van der Waals surface area contributed by atoms with E-state index in [4.69, 9.17) is 9.15 Å². The number of nitrogens with one attached hydrogen (secondary N) is 1. The van der Waals surface area contributed by atoms with Gasteiger partial charge in [-0.3, -0.25) is 0 Å². The zero-order valence-electron chi connectivity index (χ0n) is 14.0. The SMILES string of the molecule is COC(=O)c1cc(CSc2nnc(Nc3cccc(C)c3)s2)oc1C. The number of furan rings is 1. The van der Waals surface area contributed by atoms with Gasteiger partial charge in [-0.2, -0.15) is 0 Å². The first kappa shape index (κ1) is 17.5. The molecule has 0 unspecified atom stereocenters. The molecule has 0 aliphatic rings. The number of methoxy groups -OCH3 is 1. The lowest BCUT2D eigenvalue weighted by Gasteiger charge is -2.01. The summed E-state index contributed by atoms with van der Waals surface area (Å²) in [6.45, 7) is 3.79. The molecule has 0 aliphatic carbocycles. The first-order valence-electron chi connectivity index (χ1n) is 7.53. The molecule has 1 aromatic carbocycles. The van der Waals surface area contributed by atoms with Crippen molar-refractivity contribution in [1.29, 1.82) is 0 Å². The topological polar surface area (TPSA) is 77.2 Å². The summed E-state index contributed by atoms with van der Waals surface area (Å²) in [7, 11) is 1.35. The van der Waals surface area contributed by atoms with E-state index in [1.165, 1.54) is 35.8 Å². The first-order valence-corrected chi connectivity index (χ1v) is 9.33. The predicted octanol–water partition coefficient (Wildman–Crippen LogP) is 4.57. The lowest BCUT2D eigenvalue weighted by molar-refractivity contribution is 0.0599. The standard InChI is InChI=1S/C17H17N3O3S2/c1-10-5-4-6-12(7-10)18-16-19-20-17(25-16)24-9-13-8-14(11(2)23-13)15(21)22-3/h4-8H,9H2,1-3H3,(H,18,19). The van der Waals surface area contributed by atoms with Gasteiger partial charge in [0.1, 0.15) is 17.1 Å². The van der Waals surface area contributed by atoms with Crippen LogP contribution in [-0.4, -0.2) is 23.3 Å². The normalized spacial score (nSPS) is 10.7. The fraction of sp³-hybridized carbons (Fsp3) is 0.235. The van der Waals surface area contributed by atoms with Crippen LogP contribution in [0.25, 0.3) is 0 Å². The van der Waals surface area contributed by atoms with Gasteiger partial charge in [-0.05, 0) is 37.6 Å². The average Bonchev–Trinajstić information content (AvgIpc) is 3.18. The fourth-order valence-corrected chi connectivity index (χ4v) is 3.88. The van der Waals surface area contributed by atoms with Crippen LogP contribution in [0.15, 0.2) is 39.1 Å². The van der Waals surface area contributed by atoms with E-state index in [1.54, 1.807) is 13.0 Å². The maximum Gasteiger partial charge on any atom is 0.341 e. The van der Waals surface area contributed by atoms with Crippen LogP contribution in [0.1, 0.15) is 27.4 Å². The number of carbonyl (C=O) groups is 1. The van der Waals surface area contributed by atoms with Crippen LogP contribution in [0.2, 0.25) is 0 Å². The number of anilines is 2. The van der Waals surface area contributed by atoms with Crippen molar-refractivity contribution in [3.8, 4) is 0 Å². The van der Waals surface area contributed by atoms with Gasteiger partial charge in [-0.25, -0.2) is 4.79 Å². The summed E-state index contributed by atoms with van der Waals surface area (Å²) in [6.07, 6.45) is 0. The maximum atomic E-state index is 11.6. The average molecular weight is 375 g/mol. The number of ether oxygens (including phenoxy) is 1. The van der Waals surface area contributed by atoms with E-state index >= 15 is 0 Å². The molecular weight excluding hydrogens is 358 g/mol. The molecule has 1 N–H and O–H groups in total. The van der Waals surface area contributed by atoms with E-state index in [1.807, 2.05) is 31.2 Å². The summed E-state index contributed by atoms with van der Waals surface area (Å²) in [5.74, 6) is 1.43. The minimum Gasteiger partial charge on any atom is -0.465 e. The van der Waals surface area contributed by atoms with Crippen molar-refractivity contribution in [2.75, 3.05) is 12.4 Å². The van der Waals surface area contributed by atoms with Crippen molar-refractivity contribution in [1.82, 2.24) is 10.2 Å². The van der Waals surface area contributed by atoms with E-state index in [2.05, 4.69) is 15.5 Å². The Bertz CT molecular complexity index is 889. The third-order valence-electron chi connectivity index (χ3n) is 3.39. The monoisotopic (exact) mass is 375 g/mol. The summed E-state index contributed by atoms with van der Waals surface area (Å²) < 4.78 is 11.1. The zero-order valence-corrected chi connectivity index (χ0v) is 15.7. The minimum absolute atomic E-state index is 0.391. The molecule has 3 rings (SSSR count). The molecule has 130 valence electrons. The van der Waals surface area contributed by atoms with Crippen LogP contribution in [0.5, 0.6) is 0 Å². The second-order valence-electron chi connectivity index (χ2n) is 5.33. The van der Waals surface area contributed by atoms with Gasteiger partial charge in [0.25, 0.3) is 0 Å². The number of aryl methyl sites for hydroxylation is 2. The van der Waals surface area contributed by atoms with Gasteiger partial charge in [-0.1, -0.05) is 35.2 Å². The molecule has 2 heterocycles. The van der Waals surface area contributed by atoms with Crippen molar-refractivity contribution in [2.24, 2.45) is 0 Å². The molecule has 0 spiro atoms. The van der Waals surface area contributed by atoms with Crippen molar-refractivity contribution in [3.63, 3.8) is 0 Å². The number of thioether (sulfide) groups is 1. The lowest BCUT2D eigenvalue weighted by atomic mass is 10.2. The van der Waals surface area contributed by atoms with Gasteiger partial charge < -0.3 is 14.5 Å². The van der Waals surface area contributed by atoms with E-state index in [0.717, 1.165) is 15.2 Å². The highest BCUT2D eigenvalue weighted by Gasteiger charge is 2.16. The predicted molar refractivity (Wildman–Crippen MR) is 98.7 cm³/mol. The van der Waals surface area contributed by atoms with E-state index in [-0.39, 0.29) is 0 Å². The summed E-state index contributed by atoms with van der Waals surface area (Å²) in [4.78, 5) is 11.6. The van der Waals surface area contributed by atoms with Gasteiger partial charge in [0.15, 0.2) is 4.34 Å². The van der Waals surface area contributed by atoms with Crippen LogP contribution in [0.4, 0.5) is 10.8 Å². The molecule has 6 nitrogen and oxygen atoms in total. The molecule has 0 saturated heterocycles. The Labute approximate surface area is 153 Å². The Kier molecular flexibility index (Phi) is 5.40. The van der Waals surface area contributed by atoms with Gasteiger partial charge in [-0.15, -0.1) is 10.2 Å². The smallest absolute Gasteiger partial charge is 0.341 e. The fourth-order valence-electron chi connectivity index (χ4n) is 2.23. The number of nitrogens with zero attached hydrogens (tertiary/aromatic N) is 2. The molecule has 2 aromatic heterocycles. The molecule has 0 atom stereocenters. The summed E-state index contributed by atoms with van der Waals surface area (Å²) in [5.41, 5.74) is 2.62. The Balaban J connectivity index is 1.61. The number of carbonyl (C=O) groups excluding carboxylic acids is 1. The Morgan fingerprint density at radius 3 is 2.92 bits per heavy atom. The second-order valence-corrected chi connectivity index (χ2v) is 7.53. The van der Waals surface area contributed by atoms with E-state index in [9.17, 15) is 4.79 Å². The molecular formula is C17H17N3O3S2. The Hall–Kier alpha value is -2.32. The highest BCUT2D eigenvalue weighted by atomic mass is 32.2. The molecule has 8 heteroatoms. The lowest BCUT2D eigenvalue weighted by Crippen LogP contribution is -2.00. The number of hydrogen-bond acceptors (Lipinski definition) is 8. The van der Waals surface area contributed by atoms with Crippen LogP contribution >= 0.6 is 23.1 Å². The number of rotatable bonds is 6. The van der Waals surface area contributed by atoms with Crippen molar-refractivity contribution in [3.05, 3.63) is 53.0 Å². The van der Waals surface area contributed by atoms with Crippen molar-refractivity contribution in [2.45, 2.75) is 23.9 Å². The third-order valence-corrected chi connectivity index (χ3v) is 5.38. The Morgan fingerprint density at radius 2 is 2.16 bits per heavy atom. The highest BCUT2D eigenvalue weighted by Crippen LogP contribution is 2.31. The molecule has 0 radical (unpaired) electrons. The molecule has 0 aliphatic heterocycles. The van der Waals surface area contributed by atoms with Crippen LogP contribution in [0.3, 0.4) is 0 Å². The summed E-state index contributed by atoms with van der Waals surface area (Å²) in [6, 6.07) is 9.78. The van der Waals surface area contributed by atoms with Crippen LogP contribution < -0.4 is 5.32 Å². The molecule has 0 amide bonds. The zero-order chi connectivity index (χ0) is 17.8. The van der Waals surface area contributed by atoms with E-state index < -0.39 is 5.97 Å². The van der Waals surface area contributed by atoms with Gasteiger partial charge in [0, 0.05) is 5.69 Å². The number of hydrogen-bond donors (Lipinski definition) is 1. The largest absolute Gasteiger partial charge is 0.465 e. The first-order chi connectivity index (χ1) is 12.0. The van der Waals surface area contributed by atoms with Gasteiger partial charge in [0.2, 0.25) is 5.13 Å². The molecule has 0 fully saturated rings. The van der Waals surface area contributed by atoms with Crippen molar-refractivity contribution < 1.29 is 13.9 Å². The van der Waals surface area contributed by atoms with Crippen LogP contribution in [-0.2, 0) is 10.5 Å². The van der Waals surface area contributed by atoms with Crippen LogP contribution in [0, 0.1) is 13.8 Å². The Morgan fingerprint density at radius 1 is 1.32 bits per heavy atom. The quantitative estimate of drug-likeness (QED) is 0.499. The highest BCUT2D eigenvalue weighted by molar-refractivity contribution is 8.00. The molecule has 0 bridgehead atoms. The van der Waals surface area contributed by atoms with Gasteiger partial charge in [0.05, 0.1) is 12.9 Å². The van der Waals surface area contributed by atoms with Crippen molar-refractivity contribution >= 4 is 39.9 Å². The minimum atomic E-state index is -0.391. The van der Waals surface area contributed by atoms with Gasteiger partial charge >= 0.3 is 5.97 Å². The molecule has 25 heavy (non-hydrogen) atoms. The third kappa shape index (κ3) is 4.40. The molecule has 0 saturated carbocycles. The number of esters is 1. The van der Waals surface area contributed by atoms with E-state index in [0.29, 0.717) is 22.8 Å². The molecule has 3 aromatic rings. The summed E-state index contributed by atoms with van der Waals surface area (Å²) in [5, 5.41) is 12.3. The summed E-state index contributed by atoms with van der Waals surface area (Å²) >= 11 is 2.98. The number of benzene rings is 1. The number of aromatic nitrogens is 2. The maximum absolute atomic E-state index is 11.6.